The van der Waals surface area contributed by atoms with Gasteiger partial charge in [0.25, 0.3) is 0 Å². The number of rotatable bonds is 4. The predicted molar refractivity (Wildman–Crippen MR) is 60.2 cm³/mol. The first-order valence-electron chi connectivity index (χ1n) is 4.66. The van der Waals surface area contributed by atoms with Gasteiger partial charge in [0.1, 0.15) is 5.75 Å². The third-order valence-corrected chi connectivity index (χ3v) is 1.90. The van der Waals surface area contributed by atoms with Crippen LogP contribution in [0, 0.1) is 0 Å². The van der Waals surface area contributed by atoms with Crippen molar-refractivity contribution in [2.45, 2.75) is 0 Å². The maximum absolute atomic E-state index is 11.6. The minimum absolute atomic E-state index is 0.00801. The molecule has 0 unspecified atom stereocenters. The van der Waals surface area contributed by atoms with Crippen LogP contribution in [0.2, 0.25) is 0 Å². The number of benzene rings is 1. The average Bonchev–Trinajstić information content (AvgIpc) is 2.26. The second-order valence-corrected chi connectivity index (χ2v) is 3.37. The molecule has 0 heterocycles. The number of ketones is 1. The van der Waals surface area contributed by atoms with E-state index in [1.807, 2.05) is 19.0 Å². The van der Waals surface area contributed by atoms with Crippen LogP contribution >= 0.6 is 0 Å². The Hall–Kier alpha value is -1.77. The van der Waals surface area contributed by atoms with Gasteiger partial charge in [0.05, 0.1) is 7.11 Å². The summed E-state index contributed by atoms with van der Waals surface area (Å²) in [5.41, 5.74) is 0.661. The Labute approximate surface area is 90.0 Å². The monoisotopic (exact) mass is 205 g/mol. The number of ether oxygens (including phenoxy) is 1. The summed E-state index contributed by atoms with van der Waals surface area (Å²) in [5.74, 6) is 0.745. The molecule has 0 fully saturated rings. The van der Waals surface area contributed by atoms with Gasteiger partial charge in [-0.3, -0.25) is 4.79 Å². The van der Waals surface area contributed by atoms with Crippen molar-refractivity contribution in [2.24, 2.45) is 0 Å². The van der Waals surface area contributed by atoms with Crippen molar-refractivity contribution in [1.82, 2.24) is 4.90 Å². The lowest BCUT2D eigenvalue weighted by molar-refractivity contribution is 0.104. The van der Waals surface area contributed by atoms with Crippen molar-refractivity contribution < 1.29 is 9.53 Å². The van der Waals surface area contributed by atoms with E-state index in [-0.39, 0.29) is 5.78 Å². The first-order chi connectivity index (χ1) is 7.13. The zero-order chi connectivity index (χ0) is 11.3. The Morgan fingerprint density at radius 3 is 2.33 bits per heavy atom. The smallest absolute Gasteiger partial charge is 0.187 e. The van der Waals surface area contributed by atoms with Crippen molar-refractivity contribution in [2.75, 3.05) is 21.2 Å². The molecule has 1 rings (SSSR count). The fourth-order valence-corrected chi connectivity index (χ4v) is 1.07. The van der Waals surface area contributed by atoms with Crippen LogP contribution in [0.4, 0.5) is 0 Å². The van der Waals surface area contributed by atoms with Crippen molar-refractivity contribution >= 4 is 5.78 Å². The molecule has 0 saturated carbocycles. The molecule has 3 heteroatoms. The highest BCUT2D eigenvalue weighted by atomic mass is 16.5. The normalized spacial score (nSPS) is 10.3. The van der Waals surface area contributed by atoms with Crippen molar-refractivity contribution in [3.05, 3.63) is 42.1 Å². The summed E-state index contributed by atoms with van der Waals surface area (Å²) in [5, 5.41) is 0. The van der Waals surface area contributed by atoms with Crippen molar-refractivity contribution in [3.63, 3.8) is 0 Å². The van der Waals surface area contributed by atoms with Gasteiger partial charge in [-0.2, -0.15) is 0 Å². The van der Waals surface area contributed by atoms with E-state index in [4.69, 9.17) is 4.74 Å². The number of hydrogen-bond donors (Lipinski definition) is 0. The van der Waals surface area contributed by atoms with E-state index in [1.54, 1.807) is 43.7 Å². The van der Waals surface area contributed by atoms with E-state index in [1.165, 1.54) is 0 Å². The van der Waals surface area contributed by atoms with E-state index in [2.05, 4.69) is 0 Å². The fraction of sp³-hybridized carbons (Fsp3) is 0.250. The lowest BCUT2D eigenvalue weighted by Crippen LogP contribution is -2.03. The molecule has 0 amide bonds. The molecule has 80 valence electrons. The summed E-state index contributed by atoms with van der Waals surface area (Å²) >= 11 is 0. The summed E-state index contributed by atoms with van der Waals surface area (Å²) < 4.78 is 5.01. The minimum atomic E-state index is -0.00801. The molecule has 0 saturated heterocycles. The molecule has 0 N–H and O–H groups in total. The molecule has 0 aromatic heterocycles. The summed E-state index contributed by atoms with van der Waals surface area (Å²) in [6.45, 7) is 0. The minimum Gasteiger partial charge on any atom is -0.497 e. The van der Waals surface area contributed by atoms with Gasteiger partial charge in [-0.15, -0.1) is 0 Å². The number of carbonyl (C=O) groups excluding carboxylic acids is 1. The zero-order valence-corrected chi connectivity index (χ0v) is 9.23. The third-order valence-electron chi connectivity index (χ3n) is 1.90. The fourth-order valence-electron chi connectivity index (χ4n) is 1.07. The van der Waals surface area contributed by atoms with Crippen LogP contribution in [0.25, 0.3) is 0 Å². The van der Waals surface area contributed by atoms with Gasteiger partial charge in [-0.25, -0.2) is 0 Å². The Morgan fingerprint density at radius 1 is 1.27 bits per heavy atom. The quantitative estimate of drug-likeness (QED) is 0.556. The first kappa shape index (κ1) is 11.3. The van der Waals surface area contributed by atoms with Crippen LogP contribution in [0.3, 0.4) is 0 Å². The second-order valence-electron chi connectivity index (χ2n) is 3.37. The van der Waals surface area contributed by atoms with Crippen LogP contribution in [-0.2, 0) is 0 Å². The molecule has 0 bridgehead atoms. The van der Waals surface area contributed by atoms with Gasteiger partial charge < -0.3 is 9.64 Å². The molecular formula is C12H15NO2. The van der Waals surface area contributed by atoms with Crippen LogP contribution in [0.1, 0.15) is 10.4 Å². The summed E-state index contributed by atoms with van der Waals surface area (Å²) in [7, 11) is 5.35. The SMILES string of the molecule is COc1ccc(C(=O)C=CN(C)C)cc1. The molecule has 0 radical (unpaired) electrons. The molecule has 0 atom stereocenters. The van der Waals surface area contributed by atoms with Gasteiger partial charge in [-0.05, 0) is 24.3 Å². The standard InChI is InChI=1S/C12H15NO2/c1-13(2)9-8-12(14)10-4-6-11(15-3)7-5-10/h4-9H,1-3H3. The second kappa shape index (κ2) is 5.20. The van der Waals surface area contributed by atoms with Gasteiger partial charge in [0, 0.05) is 31.9 Å². The van der Waals surface area contributed by atoms with Crippen LogP contribution in [0.15, 0.2) is 36.5 Å². The molecule has 0 aliphatic carbocycles. The first-order valence-corrected chi connectivity index (χ1v) is 4.66. The Kier molecular flexibility index (Phi) is 3.92. The third kappa shape index (κ3) is 3.46. The number of allylic oxidation sites excluding steroid dienone is 1. The van der Waals surface area contributed by atoms with Gasteiger partial charge >= 0.3 is 0 Å². The lowest BCUT2D eigenvalue weighted by atomic mass is 10.1. The largest absolute Gasteiger partial charge is 0.497 e. The molecule has 3 nitrogen and oxygen atoms in total. The van der Waals surface area contributed by atoms with Gasteiger partial charge in [0.2, 0.25) is 0 Å². The number of nitrogens with zero attached hydrogens (tertiary/aromatic N) is 1. The predicted octanol–water partition coefficient (Wildman–Crippen LogP) is 1.95. The van der Waals surface area contributed by atoms with Crippen LogP contribution < -0.4 is 4.74 Å². The molecule has 15 heavy (non-hydrogen) atoms. The van der Waals surface area contributed by atoms with E-state index in [9.17, 15) is 4.79 Å². The molecule has 0 spiro atoms. The highest BCUT2D eigenvalue weighted by Crippen LogP contribution is 2.11. The van der Waals surface area contributed by atoms with Crippen LogP contribution in [-0.4, -0.2) is 31.9 Å². The molecule has 1 aromatic rings. The topological polar surface area (TPSA) is 29.5 Å². The Balaban J connectivity index is 2.74. The zero-order valence-electron chi connectivity index (χ0n) is 9.23. The highest BCUT2D eigenvalue weighted by Gasteiger charge is 2.01. The Bertz CT molecular complexity index is 352. The number of hydrogen-bond acceptors (Lipinski definition) is 3. The summed E-state index contributed by atoms with van der Waals surface area (Å²) in [6.07, 6.45) is 3.27. The summed E-state index contributed by atoms with van der Waals surface area (Å²) in [4.78, 5) is 13.4. The maximum Gasteiger partial charge on any atom is 0.187 e. The lowest BCUT2D eigenvalue weighted by Gasteiger charge is -2.03. The van der Waals surface area contributed by atoms with Crippen molar-refractivity contribution in [3.8, 4) is 5.75 Å². The van der Waals surface area contributed by atoms with Crippen LogP contribution in [0.5, 0.6) is 5.75 Å². The van der Waals surface area contributed by atoms with Crippen molar-refractivity contribution in [1.29, 1.82) is 0 Å². The van der Waals surface area contributed by atoms with E-state index >= 15 is 0 Å². The highest BCUT2D eigenvalue weighted by molar-refractivity contribution is 6.04. The Morgan fingerprint density at radius 2 is 1.87 bits per heavy atom. The molecular weight excluding hydrogens is 190 g/mol. The molecule has 0 aliphatic heterocycles. The summed E-state index contributed by atoms with van der Waals surface area (Å²) in [6, 6.07) is 7.05. The van der Waals surface area contributed by atoms with Gasteiger partial charge in [-0.1, -0.05) is 0 Å². The molecule has 0 aliphatic rings. The molecule has 1 aromatic carbocycles. The number of carbonyl (C=O) groups is 1. The van der Waals surface area contributed by atoms with Gasteiger partial charge in [0.15, 0.2) is 5.78 Å². The number of methoxy groups -OCH3 is 1. The van der Waals surface area contributed by atoms with E-state index in [0.29, 0.717) is 5.56 Å². The van der Waals surface area contributed by atoms with E-state index in [0.717, 1.165) is 5.75 Å². The van der Waals surface area contributed by atoms with E-state index < -0.39 is 0 Å². The average molecular weight is 205 g/mol. The maximum atomic E-state index is 11.6.